The van der Waals surface area contributed by atoms with E-state index in [1.165, 1.54) is 15.7 Å². The predicted octanol–water partition coefficient (Wildman–Crippen LogP) is 5.30. The number of hydrogen-bond acceptors (Lipinski definition) is 7. The van der Waals surface area contributed by atoms with Gasteiger partial charge in [-0.25, -0.2) is 4.79 Å². The van der Waals surface area contributed by atoms with Crippen molar-refractivity contribution in [3.63, 3.8) is 0 Å². The minimum absolute atomic E-state index is 0.192. The number of anilines is 1. The summed E-state index contributed by atoms with van der Waals surface area (Å²) in [6.07, 6.45) is 4.17. The van der Waals surface area contributed by atoms with Gasteiger partial charge in [0.05, 0.1) is 6.61 Å². The molecule has 1 amide bonds. The lowest BCUT2D eigenvalue weighted by Crippen LogP contribution is -2.43. The molecule has 1 aliphatic rings. The highest BCUT2D eigenvalue weighted by Crippen LogP contribution is 2.32. The van der Waals surface area contributed by atoms with Gasteiger partial charge in [-0.3, -0.25) is 14.5 Å². The maximum absolute atomic E-state index is 11.8. The van der Waals surface area contributed by atoms with Crippen molar-refractivity contribution >= 4 is 40.8 Å². The average molecular weight is 481 g/mol. The van der Waals surface area contributed by atoms with Crippen LogP contribution in [0.1, 0.15) is 35.8 Å². The third kappa shape index (κ3) is 6.71. The number of likely N-dealkylation sites (tertiary alicyclic amines) is 1. The molecule has 1 fully saturated rings. The van der Waals surface area contributed by atoms with Gasteiger partial charge in [0, 0.05) is 59.6 Å². The van der Waals surface area contributed by atoms with E-state index in [0.717, 1.165) is 43.6 Å². The Kier molecular flexibility index (Phi) is 9.73. The molecule has 8 heteroatoms. The van der Waals surface area contributed by atoms with Gasteiger partial charge >= 0.3 is 6.09 Å². The maximum atomic E-state index is 11.8. The van der Waals surface area contributed by atoms with Gasteiger partial charge in [0.25, 0.3) is 0 Å². The van der Waals surface area contributed by atoms with Crippen LogP contribution in [-0.4, -0.2) is 55.0 Å². The van der Waals surface area contributed by atoms with Crippen molar-refractivity contribution < 1.29 is 14.3 Å². The van der Waals surface area contributed by atoms with E-state index in [9.17, 15) is 9.59 Å². The summed E-state index contributed by atoms with van der Waals surface area (Å²) >= 11 is 1.68. The van der Waals surface area contributed by atoms with E-state index >= 15 is 0 Å². The van der Waals surface area contributed by atoms with Gasteiger partial charge in [0.2, 0.25) is 0 Å². The molecule has 0 aliphatic carbocycles. The Bertz CT molecular complexity index is 1100. The van der Waals surface area contributed by atoms with Gasteiger partial charge in [0.1, 0.15) is 0 Å². The number of aldehydes is 1. The topological polar surface area (TPSA) is 83.6 Å². The number of ether oxygens (including phenoxy) is 1. The third-order valence-corrected chi connectivity index (χ3v) is 6.71. The second-order valence-corrected chi connectivity index (χ2v) is 8.76. The fourth-order valence-electron chi connectivity index (χ4n) is 3.74. The summed E-state index contributed by atoms with van der Waals surface area (Å²) in [6, 6.07) is 16.6. The second-order valence-electron chi connectivity index (χ2n) is 7.88. The van der Waals surface area contributed by atoms with E-state index in [1.54, 1.807) is 35.2 Å². The number of aromatic nitrogens is 1. The van der Waals surface area contributed by atoms with E-state index in [0.29, 0.717) is 18.2 Å². The highest BCUT2D eigenvalue weighted by atomic mass is 32.2. The van der Waals surface area contributed by atoms with Crippen molar-refractivity contribution in [2.45, 2.75) is 37.6 Å². The first-order chi connectivity index (χ1) is 16.6. The van der Waals surface area contributed by atoms with Gasteiger partial charge in [-0.05, 0) is 68.3 Å². The van der Waals surface area contributed by atoms with Gasteiger partial charge in [-0.15, -0.1) is 0 Å². The molecule has 7 nitrogen and oxygen atoms in total. The molecule has 2 aromatic carbocycles. The van der Waals surface area contributed by atoms with Crippen LogP contribution in [0.5, 0.6) is 0 Å². The Morgan fingerprint density at radius 1 is 1.15 bits per heavy atom. The van der Waals surface area contributed by atoms with Crippen LogP contribution in [0, 0.1) is 6.92 Å². The zero-order valence-electron chi connectivity index (χ0n) is 19.9. The zero-order chi connectivity index (χ0) is 24.3. The largest absolute Gasteiger partial charge is 0.450 e. The molecule has 2 heterocycles. The van der Waals surface area contributed by atoms with Crippen LogP contribution in [0.15, 0.2) is 59.6 Å². The fraction of sp³-hybridized carbons (Fsp3) is 0.346. The van der Waals surface area contributed by atoms with Crippen molar-refractivity contribution in [1.82, 2.24) is 14.6 Å². The Labute approximate surface area is 205 Å². The lowest BCUT2D eigenvalue weighted by Gasteiger charge is -2.31. The van der Waals surface area contributed by atoms with Gasteiger partial charge in [-0.1, -0.05) is 24.3 Å². The monoisotopic (exact) mass is 480 g/mol. The highest BCUT2D eigenvalue weighted by molar-refractivity contribution is 7.97. The Balaban J connectivity index is 0.000000302. The highest BCUT2D eigenvalue weighted by Gasteiger charge is 2.23. The summed E-state index contributed by atoms with van der Waals surface area (Å²) in [4.78, 5) is 28.9. The van der Waals surface area contributed by atoms with Crippen molar-refractivity contribution in [3.05, 3.63) is 66.0 Å². The van der Waals surface area contributed by atoms with Crippen LogP contribution in [0.2, 0.25) is 0 Å². The molecule has 0 atom stereocenters. The molecule has 2 N–H and O–H groups in total. The number of fused-ring (bicyclic) bond motifs is 1. The molecular weight excluding hydrogens is 448 g/mol. The van der Waals surface area contributed by atoms with Crippen molar-refractivity contribution in [1.29, 1.82) is 0 Å². The molecule has 0 bridgehead atoms. The van der Waals surface area contributed by atoms with E-state index in [-0.39, 0.29) is 6.09 Å². The van der Waals surface area contributed by atoms with Gasteiger partial charge < -0.3 is 15.0 Å². The SMILES string of the molecule is CCOC(=O)N1CCC(NSc2ccc(NC)c3ccccc23)CC1.Cc1ncccc1C=O. The molecule has 180 valence electrons. The maximum Gasteiger partial charge on any atom is 0.409 e. The molecule has 0 saturated carbocycles. The number of pyridine rings is 1. The fourth-order valence-corrected chi connectivity index (χ4v) is 4.69. The number of hydrogen-bond donors (Lipinski definition) is 2. The minimum Gasteiger partial charge on any atom is -0.450 e. The molecule has 3 aromatic rings. The molecule has 0 unspecified atom stereocenters. The second kappa shape index (κ2) is 13.0. The molecule has 1 aromatic heterocycles. The van der Waals surface area contributed by atoms with Crippen LogP contribution in [0.4, 0.5) is 10.5 Å². The lowest BCUT2D eigenvalue weighted by molar-refractivity contribution is 0.0967. The molecule has 0 spiro atoms. The average Bonchev–Trinajstić information content (AvgIpc) is 2.88. The number of carbonyl (C=O) groups excluding carboxylic acids is 2. The summed E-state index contributed by atoms with van der Waals surface area (Å²) < 4.78 is 8.65. The lowest BCUT2D eigenvalue weighted by atomic mass is 10.1. The predicted molar refractivity (Wildman–Crippen MR) is 138 cm³/mol. The third-order valence-electron chi connectivity index (χ3n) is 5.68. The summed E-state index contributed by atoms with van der Waals surface area (Å²) in [5, 5.41) is 5.73. The number of rotatable bonds is 6. The number of aryl methyl sites for hydroxylation is 1. The van der Waals surface area contributed by atoms with Crippen LogP contribution in [0.3, 0.4) is 0 Å². The van der Waals surface area contributed by atoms with Crippen LogP contribution in [-0.2, 0) is 4.74 Å². The number of carbonyl (C=O) groups is 2. The first-order valence-corrected chi connectivity index (χ1v) is 12.3. The molecule has 1 aliphatic heterocycles. The normalized spacial score (nSPS) is 13.7. The standard InChI is InChI=1S/C19H25N3O2S.C7H7NO/c1-3-24-19(23)22-12-10-14(11-13-22)21-25-18-9-8-17(20-2)15-6-4-5-7-16(15)18;1-6-7(5-9)3-2-4-8-6/h4-9,14,20-21H,3,10-13H2,1-2H3;2-5H,1H3. The van der Waals surface area contributed by atoms with Crippen molar-refractivity contribution in [2.24, 2.45) is 0 Å². The Morgan fingerprint density at radius 2 is 1.88 bits per heavy atom. The number of piperidine rings is 1. The zero-order valence-corrected chi connectivity index (χ0v) is 20.7. The number of nitrogens with zero attached hydrogens (tertiary/aromatic N) is 2. The van der Waals surface area contributed by atoms with Crippen molar-refractivity contribution in [2.75, 3.05) is 32.1 Å². The smallest absolute Gasteiger partial charge is 0.409 e. The summed E-state index contributed by atoms with van der Waals surface area (Å²) in [7, 11) is 1.95. The number of benzene rings is 2. The van der Waals surface area contributed by atoms with Crippen LogP contribution < -0.4 is 10.0 Å². The van der Waals surface area contributed by atoms with Crippen LogP contribution >= 0.6 is 11.9 Å². The van der Waals surface area contributed by atoms with E-state index in [4.69, 9.17) is 4.74 Å². The summed E-state index contributed by atoms with van der Waals surface area (Å²) in [5.41, 5.74) is 2.59. The molecule has 34 heavy (non-hydrogen) atoms. The Hall–Kier alpha value is -3.10. The van der Waals surface area contributed by atoms with Crippen LogP contribution in [0.25, 0.3) is 10.8 Å². The first-order valence-electron chi connectivity index (χ1n) is 11.5. The minimum atomic E-state index is -0.192. The first kappa shape index (κ1) is 25.5. The Morgan fingerprint density at radius 3 is 2.50 bits per heavy atom. The number of nitrogens with one attached hydrogen (secondary N) is 2. The molecule has 1 saturated heterocycles. The molecular formula is C26H32N4O3S. The summed E-state index contributed by atoms with van der Waals surface area (Å²) in [5.74, 6) is 0. The summed E-state index contributed by atoms with van der Waals surface area (Å²) in [6.45, 7) is 5.58. The van der Waals surface area contributed by atoms with Crippen molar-refractivity contribution in [3.8, 4) is 0 Å². The number of amides is 1. The van der Waals surface area contributed by atoms with E-state index < -0.39 is 0 Å². The van der Waals surface area contributed by atoms with Gasteiger partial charge in [0.15, 0.2) is 6.29 Å². The molecule has 0 radical (unpaired) electrons. The molecule has 4 rings (SSSR count). The van der Waals surface area contributed by atoms with E-state index in [2.05, 4.69) is 51.4 Å². The van der Waals surface area contributed by atoms with Gasteiger partial charge in [-0.2, -0.15) is 0 Å². The quantitative estimate of drug-likeness (QED) is 0.366. The van der Waals surface area contributed by atoms with E-state index in [1.807, 2.05) is 20.9 Å².